The van der Waals surface area contributed by atoms with Crippen molar-refractivity contribution in [3.63, 3.8) is 0 Å². The normalized spacial score (nSPS) is 15.1. The maximum Gasteiger partial charge on any atom is 0.407 e. The maximum atomic E-state index is 13.8. The number of halogens is 2. The fraction of sp³-hybridized carbons (Fsp3) is 0.333. The van der Waals surface area contributed by atoms with Crippen LogP contribution in [0.5, 0.6) is 5.75 Å². The van der Waals surface area contributed by atoms with Gasteiger partial charge in [-0.25, -0.2) is 13.6 Å². The highest BCUT2D eigenvalue weighted by molar-refractivity contribution is 5.65. The summed E-state index contributed by atoms with van der Waals surface area (Å²) in [5, 5.41) is 19.2. The van der Waals surface area contributed by atoms with Gasteiger partial charge in [-0.2, -0.15) is 0 Å². The van der Waals surface area contributed by atoms with Crippen molar-refractivity contribution in [2.45, 2.75) is 13.1 Å². The number of carboxylic acid groups (broad SMARTS) is 1. The minimum absolute atomic E-state index is 0.253. The summed E-state index contributed by atoms with van der Waals surface area (Å²) in [4.78, 5) is 26.5. The minimum atomic E-state index is -0.972. The molecule has 1 aliphatic rings. The third-order valence-corrected chi connectivity index (χ3v) is 4.65. The van der Waals surface area contributed by atoms with Crippen LogP contribution in [0.15, 0.2) is 35.3 Å². The van der Waals surface area contributed by atoms with Gasteiger partial charge in [0, 0.05) is 50.0 Å². The van der Waals surface area contributed by atoms with Gasteiger partial charge in [0.1, 0.15) is 11.6 Å². The summed E-state index contributed by atoms with van der Waals surface area (Å²) < 4.78 is 28.6. The van der Waals surface area contributed by atoms with Crippen LogP contribution in [0.1, 0.15) is 11.1 Å². The molecule has 3 rings (SSSR count). The molecule has 1 aliphatic heterocycles. The topological polar surface area (TPSA) is 86.0 Å². The molecule has 0 atom stereocenters. The number of pyridine rings is 1. The second kappa shape index (κ2) is 7.75. The van der Waals surface area contributed by atoms with Gasteiger partial charge in [-0.05, 0) is 18.2 Å². The van der Waals surface area contributed by atoms with Gasteiger partial charge >= 0.3 is 6.09 Å². The highest BCUT2D eigenvalue weighted by Crippen LogP contribution is 2.17. The predicted octanol–water partition coefficient (Wildman–Crippen LogP) is 1.68. The maximum absolute atomic E-state index is 13.8. The van der Waals surface area contributed by atoms with Gasteiger partial charge in [-0.3, -0.25) is 9.69 Å². The molecule has 0 spiro atoms. The molecule has 0 aliphatic carbocycles. The Kier molecular flexibility index (Phi) is 5.41. The van der Waals surface area contributed by atoms with E-state index in [2.05, 4.69) is 0 Å². The van der Waals surface area contributed by atoms with Crippen LogP contribution in [0, 0.1) is 11.6 Å². The lowest BCUT2D eigenvalue weighted by Gasteiger charge is -2.33. The average molecular weight is 379 g/mol. The number of carbonyl (C=O) groups is 1. The molecule has 0 bridgehead atoms. The number of rotatable bonds is 4. The number of aromatic hydroxyl groups is 1. The van der Waals surface area contributed by atoms with Crippen LogP contribution in [0.3, 0.4) is 0 Å². The molecule has 0 unspecified atom stereocenters. The molecule has 144 valence electrons. The smallest absolute Gasteiger partial charge is 0.407 e. The summed E-state index contributed by atoms with van der Waals surface area (Å²) >= 11 is 0. The van der Waals surface area contributed by atoms with E-state index in [1.165, 1.54) is 23.2 Å². The number of piperazine rings is 1. The molecule has 1 fully saturated rings. The Morgan fingerprint density at radius 1 is 1.04 bits per heavy atom. The zero-order valence-corrected chi connectivity index (χ0v) is 14.4. The molecule has 7 nitrogen and oxygen atoms in total. The van der Waals surface area contributed by atoms with Crippen LogP contribution in [-0.4, -0.2) is 56.9 Å². The quantitative estimate of drug-likeness (QED) is 0.844. The van der Waals surface area contributed by atoms with Crippen LogP contribution in [0.4, 0.5) is 13.6 Å². The van der Waals surface area contributed by atoms with Crippen LogP contribution < -0.4 is 5.56 Å². The highest BCUT2D eigenvalue weighted by atomic mass is 19.1. The third kappa shape index (κ3) is 4.08. The Morgan fingerprint density at radius 3 is 2.26 bits per heavy atom. The second-order valence-corrected chi connectivity index (χ2v) is 6.37. The van der Waals surface area contributed by atoms with Crippen molar-refractivity contribution in [3.05, 3.63) is 63.6 Å². The van der Waals surface area contributed by atoms with Crippen molar-refractivity contribution < 1.29 is 23.8 Å². The van der Waals surface area contributed by atoms with Gasteiger partial charge in [-0.15, -0.1) is 0 Å². The molecule has 2 heterocycles. The minimum Gasteiger partial charge on any atom is -0.503 e. The van der Waals surface area contributed by atoms with Gasteiger partial charge in [0.2, 0.25) is 0 Å². The van der Waals surface area contributed by atoms with Crippen LogP contribution in [0.2, 0.25) is 0 Å². The molecular weight excluding hydrogens is 360 g/mol. The SMILES string of the molecule is O=C(O)N1CCN(Cc2ccn(Cc3c(F)cccc3F)c(=O)c2O)CC1. The largest absolute Gasteiger partial charge is 0.503 e. The summed E-state index contributed by atoms with van der Waals surface area (Å²) in [7, 11) is 0. The molecule has 2 N–H and O–H groups in total. The zero-order chi connectivity index (χ0) is 19.6. The van der Waals surface area contributed by atoms with E-state index in [-0.39, 0.29) is 18.7 Å². The Labute approximate surface area is 153 Å². The van der Waals surface area contributed by atoms with Crippen molar-refractivity contribution >= 4 is 6.09 Å². The van der Waals surface area contributed by atoms with Crippen molar-refractivity contribution in [2.75, 3.05) is 26.2 Å². The van der Waals surface area contributed by atoms with Gasteiger partial charge in [0.25, 0.3) is 5.56 Å². The third-order valence-electron chi connectivity index (χ3n) is 4.65. The average Bonchev–Trinajstić information content (AvgIpc) is 2.64. The van der Waals surface area contributed by atoms with E-state index in [9.17, 15) is 23.5 Å². The number of hydrogen-bond donors (Lipinski definition) is 2. The molecule has 2 aromatic rings. The molecule has 27 heavy (non-hydrogen) atoms. The molecule has 9 heteroatoms. The van der Waals surface area contributed by atoms with Crippen molar-refractivity contribution in [3.8, 4) is 5.75 Å². The van der Waals surface area contributed by atoms with Crippen molar-refractivity contribution in [2.24, 2.45) is 0 Å². The molecule has 0 saturated carbocycles. The number of benzene rings is 1. The van der Waals surface area contributed by atoms with E-state index >= 15 is 0 Å². The van der Waals surface area contributed by atoms with Crippen molar-refractivity contribution in [1.29, 1.82) is 0 Å². The van der Waals surface area contributed by atoms with Crippen LogP contribution in [0.25, 0.3) is 0 Å². The lowest BCUT2D eigenvalue weighted by atomic mass is 10.1. The van der Waals surface area contributed by atoms with Crippen LogP contribution in [-0.2, 0) is 13.1 Å². The van der Waals surface area contributed by atoms with Gasteiger partial charge in [0.15, 0.2) is 5.75 Å². The van der Waals surface area contributed by atoms with Crippen LogP contribution >= 0.6 is 0 Å². The number of aromatic nitrogens is 1. The lowest BCUT2D eigenvalue weighted by molar-refractivity contribution is 0.102. The zero-order valence-electron chi connectivity index (χ0n) is 14.4. The number of nitrogens with zero attached hydrogens (tertiary/aromatic N) is 3. The molecule has 1 amide bonds. The molecule has 0 radical (unpaired) electrons. The molecule has 1 aromatic heterocycles. The Bertz CT molecular complexity index is 888. The standard InChI is InChI=1S/C18H19F2N3O4/c19-14-2-1-3-15(20)13(14)11-23-5-4-12(16(24)17(23)25)10-21-6-8-22(9-7-21)18(26)27/h1-5,24H,6-11H2,(H,26,27). The van der Waals surface area contributed by atoms with E-state index in [4.69, 9.17) is 5.11 Å². The first-order chi connectivity index (χ1) is 12.9. The summed E-state index contributed by atoms with van der Waals surface area (Å²) in [6.07, 6.45) is 0.414. The Morgan fingerprint density at radius 2 is 1.67 bits per heavy atom. The summed E-state index contributed by atoms with van der Waals surface area (Å²) in [5.74, 6) is -2.00. The van der Waals surface area contributed by atoms with Gasteiger partial charge in [-0.1, -0.05) is 6.07 Å². The Hall–Kier alpha value is -2.94. The summed E-state index contributed by atoms with van der Waals surface area (Å²) in [6, 6.07) is 4.98. The van der Waals surface area contributed by atoms with Gasteiger partial charge < -0.3 is 19.7 Å². The summed E-state index contributed by atoms with van der Waals surface area (Å²) in [5.41, 5.74) is -0.607. The fourth-order valence-corrected chi connectivity index (χ4v) is 3.04. The van der Waals surface area contributed by atoms with E-state index in [0.717, 1.165) is 16.7 Å². The monoisotopic (exact) mass is 379 g/mol. The van der Waals surface area contributed by atoms with E-state index in [1.807, 2.05) is 4.90 Å². The Balaban J connectivity index is 1.74. The first-order valence-electron chi connectivity index (χ1n) is 8.41. The molecule has 1 saturated heterocycles. The van der Waals surface area contributed by atoms with Gasteiger partial charge in [0.05, 0.1) is 6.54 Å². The predicted molar refractivity (Wildman–Crippen MR) is 92.7 cm³/mol. The summed E-state index contributed by atoms with van der Waals surface area (Å²) in [6.45, 7) is 1.61. The number of hydrogen-bond acceptors (Lipinski definition) is 4. The second-order valence-electron chi connectivity index (χ2n) is 6.37. The first-order valence-corrected chi connectivity index (χ1v) is 8.41. The van der Waals surface area contributed by atoms with E-state index in [1.54, 1.807) is 0 Å². The fourth-order valence-electron chi connectivity index (χ4n) is 3.04. The first kappa shape index (κ1) is 18.8. The molecular formula is C18H19F2N3O4. The lowest BCUT2D eigenvalue weighted by Crippen LogP contribution is -2.47. The van der Waals surface area contributed by atoms with Crippen molar-refractivity contribution in [1.82, 2.24) is 14.4 Å². The van der Waals surface area contributed by atoms with E-state index in [0.29, 0.717) is 31.7 Å². The molecule has 1 aromatic carbocycles. The highest BCUT2D eigenvalue weighted by Gasteiger charge is 2.22. The number of amides is 1. The van der Waals surface area contributed by atoms with E-state index < -0.39 is 29.0 Å².